The highest BCUT2D eigenvalue weighted by atomic mass is 16.4. The molecule has 80 valence electrons. The van der Waals surface area contributed by atoms with Gasteiger partial charge in [0.05, 0.1) is 5.41 Å². The topological polar surface area (TPSA) is 37.3 Å². The van der Waals surface area contributed by atoms with Gasteiger partial charge in [-0.1, -0.05) is 31.2 Å². The summed E-state index contributed by atoms with van der Waals surface area (Å²) in [7, 11) is 0. The molecule has 0 saturated carbocycles. The molecular formula is C13H16O2. The van der Waals surface area contributed by atoms with Crippen LogP contribution in [-0.4, -0.2) is 11.1 Å². The summed E-state index contributed by atoms with van der Waals surface area (Å²) in [5.41, 5.74) is 1.48. The molecule has 0 aliphatic heterocycles. The largest absolute Gasteiger partial charge is 0.481 e. The quantitative estimate of drug-likeness (QED) is 0.763. The number of carbonyl (C=O) groups is 1. The second-order valence-corrected chi connectivity index (χ2v) is 4.60. The number of fused-ring (bicyclic) bond motifs is 1. The van der Waals surface area contributed by atoms with Crippen LogP contribution in [-0.2, 0) is 16.6 Å². The van der Waals surface area contributed by atoms with E-state index in [1.807, 2.05) is 38.1 Å². The van der Waals surface area contributed by atoms with Crippen LogP contribution in [0.4, 0.5) is 0 Å². The average Bonchev–Trinajstić information content (AvgIpc) is 2.23. The molecule has 0 spiro atoms. The zero-order valence-corrected chi connectivity index (χ0v) is 9.16. The molecule has 0 amide bonds. The Bertz CT molecular complexity index is 397. The van der Waals surface area contributed by atoms with Crippen molar-refractivity contribution in [3.05, 3.63) is 35.4 Å². The molecule has 2 atom stereocenters. The number of carboxylic acid groups (broad SMARTS) is 1. The molecule has 2 rings (SSSR count). The Morgan fingerprint density at radius 1 is 1.47 bits per heavy atom. The molecule has 0 saturated heterocycles. The van der Waals surface area contributed by atoms with E-state index in [1.54, 1.807) is 0 Å². The van der Waals surface area contributed by atoms with E-state index in [0.29, 0.717) is 0 Å². The van der Waals surface area contributed by atoms with Gasteiger partial charge in [0.15, 0.2) is 0 Å². The van der Waals surface area contributed by atoms with Crippen molar-refractivity contribution in [3.8, 4) is 0 Å². The standard InChI is InChI=1S/C13H16O2/c1-9-7-8-10-5-3-4-6-11(10)13(9,2)12(14)15/h3-6,9H,7-8H2,1-2H3,(H,14,15). The Hall–Kier alpha value is -1.31. The van der Waals surface area contributed by atoms with Gasteiger partial charge in [0.25, 0.3) is 0 Å². The normalized spacial score (nSPS) is 29.6. The molecular weight excluding hydrogens is 188 g/mol. The van der Waals surface area contributed by atoms with Crippen molar-refractivity contribution < 1.29 is 9.90 Å². The van der Waals surface area contributed by atoms with Crippen LogP contribution in [0.15, 0.2) is 24.3 Å². The van der Waals surface area contributed by atoms with Crippen LogP contribution >= 0.6 is 0 Å². The molecule has 15 heavy (non-hydrogen) atoms. The zero-order valence-electron chi connectivity index (χ0n) is 9.16. The fourth-order valence-electron chi connectivity index (χ4n) is 2.50. The lowest BCUT2D eigenvalue weighted by molar-refractivity contribution is -0.145. The molecule has 0 bridgehead atoms. The summed E-state index contributed by atoms with van der Waals surface area (Å²) in [5, 5.41) is 9.41. The maximum Gasteiger partial charge on any atom is 0.314 e. The van der Waals surface area contributed by atoms with Crippen molar-refractivity contribution in [2.75, 3.05) is 0 Å². The van der Waals surface area contributed by atoms with Crippen LogP contribution in [0.1, 0.15) is 31.4 Å². The molecule has 2 heteroatoms. The van der Waals surface area contributed by atoms with E-state index in [0.717, 1.165) is 18.4 Å². The molecule has 0 heterocycles. The molecule has 0 radical (unpaired) electrons. The van der Waals surface area contributed by atoms with Crippen molar-refractivity contribution in [2.24, 2.45) is 5.92 Å². The third-order valence-electron chi connectivity index (χ3n) is 3.85. The second kappa shape index (κ2) is 3.37. The smallest absolute Gasteiger partial charge is 0.314 e. The fourth-order valence-corrected chi connectivity index (χ4v) is 2.50. The van der Waals surface area contributed by atoms with Gasteiger partial charge in [-0.25, -0.2) is 0 Å². The van der Waals surface area contributed by atoms with Gasteiger partial charge in [0.2, 0.25) is 0 Å². The Labute approximate surface area is 89.9 Å². The van der Waals surface area contributed by atoms with Gasteiger partial charge in [-0.3, -0.25) is 4.79 Å². The molecule has 0 fully saturated rings. The highest BCUT2D eigenvalue weighted by Gasteiger charge is 2.44. The molecule has 2 unspecified atom stereocenters. The van der Waals surface area contributed by atoms with E-state index >= 15 is 0 Å². The number of aliphatic carboxylic acids is 1. The molecule has 1 N–H and O–H groups in total. The van der Waals surface area contributed by atoms with E-state index in [-0.39, 0.29) is 5.92 Å². The molecule has 1 aliphatic rings. The van der Waals surface area contributed by atoms with E-state index < -0.39 is 11.4 Å². The van der Waals surface area contributed by atoms with Gasteiger partial charge in [-0.05, 0) is 36.8 Å². The van der Waals surface area contributed by atoms with Crippen LogP contribution in [0.25, 0.3) is 0 Å². The zero-order chi connectivity index (χ0) is 11.1. The van der Waals surface area contributed by atoms with E-state index in [2.05, 4.69) is 0 Å². The molecule has 1 aromatic rings. The van der Waals surface area contributed by atoms with E-state index in [4.69, 9.17) is 0 Å². The third kappa shape index (κ3) is 1.36. The molecule has 2 nitrogen and oxygen atoms in total. The van der Waals surface area contributed by atoms with Gasteiger partial charge in [0.1, 0.15) is 0 Å². The summed E-state index contributed by atoms with van der Waals surface area (Å²) in [6, 6.07) is 7.91. The lowest BCUT2D eigenvalue weighted by atomic mass is 9.65. The first-order valence-electron chi connectivity index (χ1n) is 5.38. The first-order valence-corrected chi connectivity index (χ1v) is 5.38. The Kier molecular flexibility index (Phi) is 2.29. The Balaban J connectivity index is 2.60. The van der Waals surface area contributed by atoms with Crippen molar-refractivity contribution in [2.45, 2.75) is 32.1 Å². The maximum atomic E-state index is 11.4. The maximum absolute atomic E-state index is 11.4. The van der Waals surface area contributed by atoms with Gasteiger partial charge in [-0.15, -0.1) is 0 Å². The Morgan fingerprint density at radius 2 is 2.13 bits per heavy atom. The molecule has 1 aliphatic carbocycles. The van der Waals surface area contributed by atoms with Gasteiger partial charge >= 0.3 is 5.97 Å². The summed E-state index contributed by atoms with van der Waals surface area (Å²) in [6.07, 6.45) is 1.96. The summed E-state index contributed by atoms with van der Waals surface area (Å²) in [5.74, 6) is -0.507. The second-order valence-electron chi connectivity index (χ2n) is 4.60. The fraction of sp³-hybridized carbons (Fsp3) is 0.462. The van der Waals surface area contributed by atoms with Crippen LogP contribution in [0.3, 0.4) is 0 Å². The van der Waals surface area contributed by atoms with Crippen LogP contribution in [0, 0.1) is 5.92 Å². The van der Waals surface area contributed by atoms with Gasteiger partial charge in [-0.2, -0.15) is 0 Å². The van der Waals surface area contributed by atoms with Gasteiger partial charge < -0.3 is 5.11 Å². The molecule has 0 aromatic heterocycles. The van der Waals surface area contributed by atoms with Crippen molar-refractivity contribution in [1.82, 2.24) is 0 Å². The van der Waals surface area contributed by atoms with E-state index in [9.17, 15) is 9.90 Å². The van der Waals surface area contributed by atoms with Gasteiger partial charge in [0, 0.05) is 0 Å². The number of aryl methyl sites for hydroxylation is 1. The number of hydrogen-bond donors (Lipinski definition) is 1. The SMILES string of the molecule is CC1CCc2ccccc2C1(C)C(=O)O. The number of hydrogen-bond acceptors (Lipinski definition) is 1. The minimum atomic E-state index is -0.713. The average molecular weight is 204 g/mol. The van der Waals surface area contributed by atoms with Crippen molar-refractivity contribution in [1.29, 1.82) is 0 Å². The highest BCUT2D eigenvalue weighted by Crippen LogP contribution is 2.41. The first kappa shape index (κ1) is 10.2. The van der Waals surface area contributed by atoms with Crippen molar-refractivity contribution >= 4 is 5.97 Å². The lowest BCUT2D eigenvalue weighted by Gasteiger charge is -2.37. The van der Waals surface area contributed by atoms with Crippen LogP contribution in [0.2, 0.25) is 0 Å². The summed E-state index contributed by atoms with van der Waals surface area (Å²) in [6.45, 7) is 3.88. The summed E-state index contributed by atoms with van der Waals surface area (Å²) < 4.78 is 0. The Morgan fingerprint density at radius 3 is 2.80 bits per heavy atom. The predicted molar refractivity (Wildman–Crippen MR) is 58.9 cm³/mol. The third-order valence-corrected chi connectivity index (χ3v) is 3.85. The minimum absolute atomic E-state index is 0.199. The first-order chi connectivity index (χ1) is 7.06. The number of benzene rings is 1. The molecule has 1 aromatic carbocycles. The summed E-state index contributed by atoms with van der Waals surface area (Å²) in [4.78, 5) is 11.4. The number of rotatable bonds is 1. The summed E-state index contributed by atoms with van der Waals surface area (Å²) >= 11 is 0. The number of carboxylic acids is 1. The monoisotopic (exact) mass is 204 g/mol. The minimum Gasteiger partial charge on any atom is -0.481 e. The van der Waals surface area contributed by atoms with Crippen molar-refractivity contribution in [3.63, 3.8) is 0 Å². The van der Waals surface area contributed by atoms with E-state index in [1.165, 1.54) is 5.56 Å². The highest BCUT2D eigenvalue weighted by molar-refractivity contribution is 5.82. The van der Waals surface area contributed by atoms with Crippen LogP contribution in [0.5, 0.6) is 0 Å². The van der Waals surface area contributed by atoms with Crippen LogP contribution < -0.4 is 0 Å². The predicted octanol–water partition coefficient (Wildman–Crippen LogP) is 2.61. The lowest BCUT2D eigenvalue weighted by Crippen LogP contribution is -2.42.